The van der Waals surface area contributed by atoms with Gasteiger partial charge in [-0.3, -0.25) is 9.59 Å². The van der Waals surface area contributed by atoms with E-state index >= 15 is 0 Å². The van der Waals surface area contributed by atoms with Crippen molar-refractivity contribution in [3.63, 3.8) is 0 Å². The van der Waals surface area contributed by atoms with Crippen molar-refractivity contribution in [2.75, 3.05) is 92.4 Å². The molecule has 0 atom stereocenters. The minimum atomic E-state index is -0.944. The molecule has 400 valence electrons. The van der Waals surface area contributed by atoms with E-state index in [1.807, 2.05) is 0 Å². The molecule has 0 bridgehead atoms. The highest BCUT2D eigenvalue weighted by Crippen LogP contribution is 2.08. The van der Waals surface area contributed by atoms with Crippen LogP contribution < -0.4 is 10.6 Å². The van der Waals surface area contributed by atoms with Crippen LogP contribution in [0.5, 0.6) is 0 Å². The van der Waals surface area contributed by atoms with E-state index in [1.165, 1.54) is 0 Å². The summed E-state index contributed by atoms with van der Waals surface area (Å²) >= 11 is 0. The number of rotatable bonds is 36. The Hall–Kier alpha value is -6.56. The van der Waals surface area contributed by atoms with Crippen molar-refractivity contribution in [3.05, 3.63) is 36.5 Å². The average molecular weight is 1010 g/mol. The molecule has 4 N–H and O–H groups in total. The third-order valence-corrected chi connectivity index (χ3v) is 8.04. The van der Waals surface area contributed by atoms with Gasteiger partial charge in [-0.05, 0) is 53.4 Å². The van der Waals surface area contributed by atoms with Gasteiger partial charge in [-0.2, -0.15) is 0 Å². The topological polar surface area (TPSA) is 328 Å². The Morgan fingerprint density at radius 2 is 0.600 bits per heavy atom. The van der Waals surface area contributed by atoms with E-state index in [0.717, 1.165) is 51.4 Å². The predicted molar refractivity (Wildman–Crippen MR) is 246 cm³/mol. The molecule has 0 aromatic carbocycles. The van der Waals surface area contributed by atoms with Crippen LogP contribution in [-0.4, -0.2) is 163 Å². The number of unbranched alkanes of at least 4 members (excludes halogenated alkanes) is 8. The number of hydrogen-bond donors (Lipinski definition) is 4. The molecule has 0 aliphatic carbocycles. The van der Waals surface area contributed by atoms with Crippen LogP contribution in [0.3, 0.4) is 0 Å². The normalized spacial score (nSPS) is 9.80. The van der Waals surface area contributed by atoms with E-state index in [9.17, 15) is 47.9 Å². The van der Waals surface area contributed by atoms with Crippen molar-refractivity contribution < 1.29 is 106 Å². The lowest BCUT2D eigenvalue weighted by Gasteiger charge is -2.09. The van der Waals surface area contributed by atoms with E-state index in [-0.39, 0.29) is 97.2 Å². The molecule has 0 radical (unpaired) electrons. The fourth-order valence-corrected chi connectivity index (χ4v) is 4.63. The van der Waals surface area contributed by atoms with Crippen molar-refractivity contribution in [2.45, 2.75) is 105 Å². The number of aliphatic hydroxyl groups excluding tert-OH is 2. The second-order valence-electron chi connectivity index (χ2n) is 13.6. The zero-order chi connectivity index (χ0) is 53.4. The van der Waals surface area contributed by atoms with Crippen molar-refractivity contribution >= 4 is 59.9 Å². The lowest BCUT2D eigenvalue weighted by molar-refractivity contribution is -0.152. The van der Waals surface area contributed by atoms with Gasteiger partial charge in [0.15, 0.2) is 0 Å². The first-order valence-corrected chi connectivity index (χ1v) is 22.9. The van der Waals surface area contributed by atoms with Crippen LogP contribution in [0.25, 0.3) is 0 Å². The number of aliphatic hydroxyl groups is 2. The Balaban J connectivity index is -0.00000116. The minimum absolute atomic E-state index is 0.0121. The Labute approximate surface area is 409 Å². The van der Waals surface area contributed by atoms with Crippen molar-refractivity contribution in [3.8, 4) is 0 Å². The average Bonchev–Trinajstić information content (AvgIpc) is 3.34. The summed E-state index contributed by atoms with van der Waals surface area (Å²) in [6.07, 6.45) is 7.71. The number of carbonyl (C=O) groups is 10. The highest BCUT2D eigenvalue weighted by atomic mass is 16.6. The fourth-order valence-electron chi connectivity index (χ4n) is 4.63. The number of esters is 8. The molecule has 24 heteroatoms. The molecule has 24 nitrogen and oxygen atoms in total. The second kappa shape index (κ2) is 47.5. The number of alkyl carbamates (subject to hydrolysis) is 2. The van der Waals surface area contributed by atoms with Gasteiger partial charge in [-0.15, -0.1) is 0 Å². The van der Waals surface area contributed by atoms with Gasteiger partial charge in [0, 0.05) is 25.9 Å². The van der Waals surface area contributed by atoms with Gasteiger partial charge in [0.25, 0.3) is 0 Å². The molecule has 0 saturated heterocycles. The Bertz CT molecular complexity index is 1500. The maximum Gasteiger partial charge on any atom is 0.407 e. The van der Waals surface area contributed by atoms with Crippen LogP contribution in [0, 0.1) is 0 Å². The van der Waals surface area contributed by atoms with Gasteiger partial charge in [0.1, 0.15) is 56.4 Å². The summed E-state index contributed by atoms with van der Waals surface area (Å²) in [6, 6.07) is 0. The first-order valence-electron chi connectivity index (χ1n) is 22.9. The van der Waals surface area contributed by atoms with E-state index in [0.29, 0.717) is 32.4 Å². The summed E-state index contributed by atoms with van der Waals surface area (Å²) in [5.41, 5.74) is -1.13. The summed E-state index contributed by atoms with van der Waals surface area (Å²) < 4.78 is 47.0. The van der Waals surface area contributed by atoms with Crippen molar-refractivity contribution in [2.24, 2.45) is 0 Å². The van der Waals surface area contributed by atoms with Crippen LogP contribution in [0.4, 0.5) is 9.59 Å². The van der Waals surface area contributed by atoms with Crippen LogP contribution in [0.1, 0.15) is 105 Å². The van der Waals surface area contributed by atoms with E-state index in [2.05, 4.69) is 54.1 Å². The molecule has 0 aromatic rings. The monoisotopic (exact) mass is 1010 g/mol. The molecule has 2 amide bonds. The van der Waals surface area contributed by atoms with E-state index < -0.39 is 65.1 Å². The molecule has 0 heterocycles. The van der Waals surface area contributed by atoms with Crippen LogP contribution in [0.15, 0.2) is 36.5 Å². The summed E-state index contributed by atoms with van der Waals surface area (Å²) in [5, 5.41) is 22.0. The molecule has 0 aliphatic heterocycles. The molecule has 70 heavy (non-hydrogen) atoms. The number of carbonyl (C=O) groups excluding carboxylic acids is 10. The summed E-state index contributed by atoms with van der Waals surface area (Å²) in [4.78, 5) is 113. The zero-order valence-electron chi connectivity index (χ0n) is 41.1. The quantitative estimate of drug-likeness (QED) is 0.0175. The van der Waals surface area contributed by atoms with Gasteiger partial charge in [0.2, 0.25) is 0 Å². The summed E-state index contributed by atoms with van der Waals surface area (Å²) in [7, 11) is 0. The Kier molecular flexibility index (Phi) is 45.9. The third kappa shape index (κ3) is 41.6. The lowest BCUT2D eigenvalue weighted by atomic mass is 10.1. The number of ether oxygens (including phenoxy) is 10. The zero-order valence-corrected chi connectivity index (χ0v) is 41.1. The molecule has 0 fully saturated rings. The second-order valence-corrected chi connectivity index (χ2v) is 13.6. The number of amides is 2. The fraction of sp³-hybridized carbons (Fsp3) is 0.652. The first-order chi connectivity index (χ1) is 33.5. The molecule has 0 unspecified atom stereocenters. The van der Waals surface area contributed by atoms with Gasteiger partial charge in [-0.1, -0.05) is 58.3 Å². The Morgan fingerprint density at radius 3 is 0.943 bits per heavy atom. The number of nitrogens with one attached hydrogen (secondary N) is 2. The standard InChI is InChI=1S/C25H37NO12.C13H25NO6.C8H12O4/c1-5-33-21(28)18(3)23(30)36-15-14-35-20(27)12-10-8-7-9-11-13-26-25(32)38-17-16-37-24(31)19(4)22(29)34-6-2;15-8-10-19-12(17)6-4-2-1-3-5-7-14-13(18)20-11-9-16;1-4-11-7(9)6(3)8(10)12-5-2/h3-17H2,1-2H3,(H,26,32);15-16H,1-11H2,(H,14,18);3-5H2,1-2H3. The molecule has 0 spiro atoms. The van der Waals surface area contributed by atoms with Crippen molar-refractivity contribution in [1.82, 2.24) is 10.6 Å². The molecular formula is C46H74N2O22. The van der Waals surface area contributed by atoms with Crippen molar-refractivity contribution in [1.29, 1.82) is 0 Å². The maximum absolute atomic E-state index is 11.7. The van der Waals surface area contributed by atoms with Gasteiger partial charge in [-0.25, -0.2) is 38.4 Å². The van der Waals surface area contributed by atoms with Gasteiger partial charge < -0.3 is 68.2 Å². The molecule has 0 rings (SSSR count). The van der Waals surface area contributed by atoms with E-state index in [4.69, 9.17) is 33.9 Å². The van der Waals surface area contributed by atoms with Crippen LogP contribution in [0.2, 0.25) is 0 Å². The maximum atomic E-state index is 11.7. The highest BCUT2D eigenvalue weighted by Gasteiger charge is 2.20. The lowest BCUT2D eigenvalue weighted by Crippen LogP contribution is -2.27. The highest BCUT2D eigenvalue weighted by molar-refractivity contribution is 6.14. The SMILES string of the molecule is C=C(C(=O)OCC)C(=O)OCC.C=C(C(=O)OCC)C(=O)OCCOC(=O)CCCCCCCNC(=O)OCCOC(=O)C(=C)C(=O)OCC.O=C(CCCCCCCNC(=O)OCCO)OCCO. The minimum Gasteiger partial charge on any atom is -0.463 e. The summed E-state index contributed by atoms with van der Waals surface area (Å²) in [6.45, 7) is 16.9. The molecule has 0 aromatic heterocycles. The molecular weight excluding hydrogens is 932 g/mol. The molecule has 0 aliphatic rings. The van der Waals surface area contributed by atoms with Crippen LogP contribution in [-0.2, 0) is 85.7 Å². The largest absolute Gasteiger partial charge is 0.463 e. The molecule has 0 saturated carbocycles. The smallest absolute Gasteiger partial charge is 0.407 e. The van der Waals surface area contributed by atoms with Gasteiger partial charge in [0.05, 0.1) is 39.6 Å². The third-order valence-electron chi connectivity index (χ3n) is 8.04. The Morgan fingerprint density at radius 1 is 0.343 bits per heavy atom. The van der Waals surface area contributed by atoms with Crippen LogP contribution >= 0.6 is 0 Å². The number of hydrogen-bond acceptors (Lipinski definition) is 22. The first kappa shape index (κ1) is 67.7. The van der Waals surface area contributed by atoms with Gasteiger partial charge >= 0.3 is 59.9 Å². The summed E-state index contributed by atoms with van der Waals surface area (Å²) in [5.74, 6) is -5.75. The van der Waals surface area contributed by atoms with E-state index in [1.54, 1.807) is 27.7 Å². The predicted octanol–water partition coefficient (Wildman–Crippen LogP) is 3.17.